The molecule has 1 unspecified atom stereocenters. The number of carbonyl (C=O) groups is 2. The maximum atomic E-state index is 11.7. The molecule has 1 aromatic carbocycles. The number of ketones is 1. The van der Waals surface area contributed by atoms with Crippen molar-refractivity contribution < 1.29 is 14.3 Å². The molecule has 1 N–H and O–H groups in total. The summed E-state index contributed by atoms with van der Waals surface area (Å²) in [5, 5.41) is 2.58. The van der Waals surface area contributed by atoms with E-state index in [0.717, 1.165) is 4.47 Å². The number of halogens is 1. The predicted octanol–water partition coefficient (Wildman–Crippen LogP) is 3.60. The summed E-state index contributed by atoms with van der Waals surface area (Å²) in [5.41, 5.74) is 0.121. The van der Waals surface area contributed by atoms with Gasteiger partial charge in [-0.05, 0) is 45.4 Å². The van der Waals surface area contributed by atoms with Crippen molar-refractivity contribution in [2.75, 3.05) is 0 Å². The maximum Gasteiger partial charge on any atom is 0.408 e. The summed E-state index contributed by atoms with van der Waals surface area (Å²) in [4.78, 5) is 23.4. The molecule has 0 aliphatic carbocycles. The van der Waals surface area contributed by atoms with E-state index >= 15 is 0 Å². The molecule has 1 atom stereocenters. The van der Waals surface area contributed by atoms with Crippen LogP contribution in [0.5, 0.6) is 0 Å². The average molecular weight is 328 g/mol. The fourth-order valence-corrected chi connectivity index (χ4v) is 1.95. The monoisotopic (exact) mass is 327 g/mol. The first-order chi connectivity index (χ1) is 8.69. The van der Waals surface area contributed by atoms with Gasteiger partial charge in [0, 0.05) is 4.47 Å². The number of hydrogen-bond acceptors (Lipinski definition) is 3. The normalized spacial score (nSPS) is 12.7. The molecule has 1 amide bonds. The molecule has 104 valence electrons. The molecule has 0 aliphatic heterocycles. The molecule has 0 fully saturated rings. The van der Waals surface area contributed by atoms with Gasteiger partial charge in [-0.3, -0.25) is 4.79 Å². The van der Waals surface area contributed by atoms with Gasteiger partial charge in [0.2, 0.25) is 0 Å². The minimum atomic E-state index is -0.702. The summed E-state index contributed by atoms with van der Waals surface area (Å²) in [6, 6.07) is 6.55. The van der Waals surface area contributed by atoms with Crippen LogP contribution in [0.25, 0.3) is 0 Å². The van der Waals surface area contributed by atoms with Crippen molar-refractivity contribution in [3.05, 3.63) is 34.3 Å². The second-order valence-corrected chi connectivity index (χ2v) is 6.16. The molecule has 19 heavy (non-hydrogen) atoms. The zero-order valence-corrected chi connectivity index (χ0v) is 13.1. The minimum Gasteiger partial charge on any atom is -0.444 e. The van der Waals surface area contributed by atoms with E-state index in [1.54, 1.807) is 32.9 Å². The van der Waals surface area contributed by atoms with E-state index in [0.29, 0.717) is 5.56 Å². The van der Waals surface area contributed by atoms with Crippen molar-refractivity contribution in [3.8, 4) is 0 Å². The third kappa shape index (κ3) is 5.42. The lowest BCUT2D eigenvalue weighted by Crippen LogP contribution is -2.37. The standard InChI is InChI=1S/C14H18BrNO3/c1-9(17)12(10-6-5-7-11(15)8-10)16-13(18)19-14(2,3)4/h5-8,12H,1-4H3,(H,16,18). The Kier molecular flexibility index (Phi) is 5.11. The Morgan fingerprint density at radius 3 is 2.42 bits per heavy atom. The van der Waals surface area contributed by atoms with Gasteiger partial charge in [-0.15, -0.1) is 0 Å². The largest absolute Gasteiger partial charge is 0.444 e. The van der Waals surface area contributed by atoms with Crippen LogP contribution in [0.3, 0.4) is 0 Å². The first kappa shape index (κ1) is 15.7. The van der Waals surface area contributed by atoms with Crippen LogP contribution in [0.2, 0.25) is 0 Å². The third-order valence-electron chi connectivity index (χ3n) is 2.25. The van der Waals surface area contributed by atoms with Gasteiger partial charge in [0.25, 0.3) is 0 Å². The topological polar surface area (TPSA) is 55.4 Å². The zero-order valence-electron chi connectivity index (χ0n) is 11.5. The molecule has 0 radical (unpaired) electrons. The Hall–Kier alpha value is -1.36. The Balaban J connectivity index is 2.85. The van der Waals surface area contributed by atoms with Crippen molar-refractivity contribution in [2.45, 2.75) is 39.3 Å². The molecule has 0 heterocycles. The number of benzene rings is 1. The van der Waals surface area contributed by atoms with Crippen molar-refractivity contribution in [3.63, 3.8) is 0 Å². The number of nitrogens with one attached hydrogen (secondary N) is 1. The molecule has 0 aromatic heterocycles. The van der Waals surface area contributed by atoms with Crippen LogP contribution in [-0.4, -0.2) is 17.5 Å². The summed E-state index contributed by atoms with van der Waals surface area (Å²) in [6.07, 6.45) is -0.604. The Labute approximate surface area is 121 Å². The molecule has 1 aromatic rings. The summed E-state index contributed by atoms with van der Waals surface area (Å²) in [6.45, 7) is 6.75. The van der Waals surface area contributed by atoms with E-state index < -0.39 is 17.7 Å². The van der Waals surface area contributed by atoms with E-state index in [9.17, 15) is 9.59 Å². The minimum absolute atomic E-state index is 0.149. The van der Waals surface area contributed by atoms with Gasteiger partial charge in [-0.25, -0.2) is 4.79 Å². The number of Topliss-reactive ketones (excluding diaryl/α,β-unsaturated/α-hetero) is 1. The second kappa shape index (κ2) is 6.19. The predicted molar refractivity (Wildman–Crippen MR) is 76.9 cm³/mol. The quantitative estimate of drug-likeness (QED) is 0.922. The number of amides is 1. The lowest BCUT2D eigenvalue weighted by molar-refractivity contribution is -0.119. The van der Waals surface area contributed by atoms with Crippen LogP contribution >= 0.6 is 15.9 Å². The van der Waals surface area contributed by atoms with Crippen LogP contribution in [0.4, 0.5) is 4.79 Å². The van der Waals surface area contributed by atoms with Gasteiger partial charge in [0.15, 0.2) is 5.78 Å². The molecule has 0 bridgehead atoms. The van der Waals surface area contributed by atoms with Gasteiger partial charge >= 0.3 is 6.09 Å². The van der Waals surface area contributed by atoms with Gasteiger partial charge in [-0.2, -0.15) is 0 Å². The van der Waals surface area contributed by atoms with Crippen molar-refractivity contribution in [1.29, 1.82) is 0 Å². The Morgan fingerprint density at radius 1 is 1.32 bits per heavy atom. The molecule has 4 nitrogen and oxygen atoms in total. The van der Waals surface area contributed by atoms with Gasteiger partial charge in [0.1, 0.15) is 11.6 Å². The smallest absolute Gasteiger partial charge is 0.408 e. The molecule has 0 spiro atoms. The van der Waals surface area contributed by atoms with Crippen molar-refractivity contribution in [2.24, 2.45) is 0 Å². The lowest BCUT2D eigenvalue weighted by atomic mass is 10.0. The number of carbonyl (C=O) groups excluding carboxylic acids is 2. The number of hydrogen-bond donors (Lipinski definition) is 1. The fourth-order valence-electron chi connectivity index (χ4n) is 1.53. The number of alkyl carbamates (subject to hydrolysis) is 1. The second-order valence-electron chi connectivity index (χ2n) is 5.24. The zero-order chi connectivity index (χ0) is 14.6. The third-order valence-corrected chi connectivity index (χ3v) is 2.74. The first-order valence-corrected chi connectivity index (χ1v) is 6.74. The van der Waals surface area contributed by atoms with Crippen LogP contribution in [0.15, 0.2) is 28.7 Å². The highest BCUT2D eigenvalue weighted by Gasteiger charge is 2.23. The van der Waals surface area contributed by atoms with Crippen molar-refractivity contribution >= 4 is 27.8 Å². The van der Waals surface area contributed by atoms with Crippen LogP contribution in [-0.2, 0) is 9.53 Å². The van der Waals surface area contributed by atoms with E-state index in [4.69, 9.17) is 4.74 Å². The average Bonchev–Trinajstić information content (AvgIpc) is 2.23. The van der Waals surface area contributed by atoms with Gasteiger partial charge in [-0.1, -0.05) is 28.1 Å². The number of ether oxygens (including phenoxy) is 1. The first-order valence-electron chi connectivity index (χ1n) is 5.94. The summed E-state index contributed by atoms with van der Waals surface area (Å²) >= 11 is 3.34. The van der Waals surface area contributed by atoms with Crippen LogP contribution < -0.4 is 5.32 Å². The molecular weight excluding hydrogens is 310 g/mol. The maximum absolute atomic E-state index is 11.7. The molecule has 0 saturated carbocycles. The summed E-state index contributed by atoms with van der Waals surface area (Å²) in [5.74, 6) is -0.149. The summed E-state index contributed by atoms with van der Waals surface area (Å²) < 4.78 is 6.01. The summed E-state index contributed by atoms with van der Waals surface area (Å²) in [7, 11) is 0. The fraction of sp³-hybridized carbons (Fsp3) is 0.429. The molecule has 0 saturated heterocycles. The van der Waals surface area contributed by atoms with Crippen LogP contribution in [0.1, 0.15) is 39.3 Å². The van der Waals surface area contributed by atoms with E-state index in [1.807, 2.05) is 12.1 Å². The molecular formula is C14H18BrNO3. The number of rotatable bonds is 3. The highest BCUT2D eigenvalue weighted by atomic mass is 79.9. The van der Waals surface area contributed by atoms with Gasteiger partial charge in [0.05, 0.1) is 0 Å². The molecule has 0 aliphatic rings. The molecule has 1 rings (SSSR count). The van der Waals surface area contributed by atoms with Gasteiger partial charge < -0.3 is 10.1 Å². The van der Waals surface area contributed by atoms with Crippen molar-refractivity contribution in [1.82, 2.24) is 5.32 Å². The van der Waals surface area contributed by atoms with E-state index in [1.165, 1.54) is 6.92 Å². The van der Waals surface area contributed by atoms with E-state index in [2.05, 4.69) is 21.2 Å². The Morgan fingerprint density at radius 2 is 1.95 bits per heavy atom. The van der Waals surface area contributed by atoms with Crippen LogP contribution in [0, 0.1) is 0 Å². The van der Waals surface area contributed by atoms with E-state index in [-0.39, 0.29) is 5.78 Å². The highest BCUT2D eigenvalue weighted by molar-refractivity contribution is 9.10. The lowest BCUT2D eigenvalue weighted by Gasteiger charge is -2.22. The highest BCUT2D eigenvalue weighted by Crippen LogP contribution is 2.19. The SMILES string of the molecule is CC(=O)C(NC(=O)OC(C)(C)C)c1cccc(Br)c1. The Bertz CT molecular complexity index is 480. The molecule has 5 heteroatoms.